The first-order chi connectivity index (χ1) is 5.00. The van der Waals surface area contributed by atoms with Crippen molar-refractivity contribution >= 4 is 0 Å². The van der Waals surface area contributed by atoms with Gasteiger partial charge in [-0.25, -0.2) is 0 Å². The minimum Gasteiger partial charge on any atom is -0.380 e. The second-order valence-corrected chi connectivity index (χ2v) is 2.33. The average molecular weight is 145 g/mol. The van der Waals surface area contributed by atoms with Gasteiger partial charge in [-0.1, -0.05) is 0 Å². The molecule has 0 amide bonds. The van der Waals surface area contributed by atoms with Gasteiger partial charge >= 0.3 is 0 Å². The topological polar surface area (TPSA) is 30.5 Å². The smallest absolute Gasteiger partial charge is 0.0590 e. The first-order valence-corrected chi connectivity index (χ1v) is 3.86. The molecule has 3 heteroatoms. The highest BCUT2D eigenvalue weighted by Crippen LogP contribution is 1.86. The minimum atomic E-state index is 0.833. The van der Waals surface area contributed by atoms with Gasteiger partial charge in [0.05, 0.1) is 13.2 Å². The summed E-state index contributed by atoms with van der Waals surface area (Å²) in [6.07, 6.45) is 1.03. The Morgan fingerprint density at radius 2 is 1.40 bits per heavy atom. The highest BCUT2D eigenvalue weighted by atomic mass is 16.5. The molecular weight excluding hydrogens is 130 g/mol. The van der Waals surface area contributed by atoms with Crippen LogP contribution in [-0.2, 0) is 9.47 Å². The van der Waals surface area contributed by atoms with Crippen molar-refractivity contribution in [1.29, 1.82) is 0 Å². The van der Waals surface area contributed by atoms with Gasteiger partial charge in [-0.05, 0) is 6.42 Å². The highest BCUT2D eigenvalue weighted by Gasteiger charge is 1.94. The van der Waals surface area contributed by atoms with Gasteiger partial charge in [0.1, 0.15) is 0 Å². The van der Waals surface area contributed by atoms with Crippen LogP contribution in [0.3, 0.4) is 0 Å². The molecule has 0 spiro atoms. The Balaban J connectivity index is 2.00. The van der Waals surface area contributed by atoms with Crippen molar-refractivity contribution in [3.05, 3.63) is 0 Å². The number of hydrogen-bond acceptors (Lipinski definition) is 3. The zero-order chi connectivity index (χ0) is 7.07. The molecule has 0 aliphatic carbocycles. The molecule has 1 rings (SSSR count). The second kappa shape index (κ2) is 5.65. The van der Waals surface area contributed by atoms with Crippen LogP contribution in [0, 0.1) is 0 Å². The lowest BCUT2D eigenvalue weighted by Crippen LogP contribution is -2.25. The third-order valence-corrected chi connectivity index (χ3v) is 1.42. The average Bonchev–Trinajstić information content (AvgIpc) is 2.01. The third-order valence-electron chi connectivity index (χ3n) is 1.42. The summed E-state index contributed by atoms with van der Waals surface area (Å²) in [6.45, 7) is 5.23. The lowest BCUT2D eigenvalue weighted by atomic mass is 10.5. The van der Waals surface area contributed by atoms with Crippen LogP contribution in [0.25, 0.3) is 0 Å². The van der Waals surface area contributed by atoms with Crippen LogP contribution in [0.4, 0.5) is 0 Å². The van der Waals surface area contributed by atoms with Crippen LogP contribution >= 0.6 is 0 Å². The van der Waals surface area contributed by atoms with Crippen molar-refractivity contribution in [1.82, 2.24) is 5.32 Å². The standard InChI is InChI=1S/C7H15NO2/c1-4-9-6-2-8-3-7-10-5-1/h8H,1-7H2. The van der Waals surface area contributed by atoms with E-state index in [2.05, 4.69) is 5.32 Å². The quantitative estimate of drug-likeness (QED) is 0.521. The van der Waals surface area contributed by atoms with Crippen LogP contribution < -0.4 is 5.32 Å². The Morgan fingerprint density at radius 3 is 2.00 bits per heavy atom. The van der Waals surface area contributed by atoms with E-state index in [-0.39, 0.29) is 0 Å². The molecule has 1 aliphatic rings. The number of nitrogens with one attached hydrogen (secondary N) is 1. The summed E-state index contributed by atoms with van der Waals surface area (Å²) >= 11 is 0. The number of rotatable bonds is 0. The van der Waals surface area contributed by atoms with E-state index < -0.39 is 0 Å². The lowest BCUT2D eigenvalue weighted by Gasteiger charge is -2.09. The predicted molar refractivity (Wildman–Crippen MR) is 39.1 cm³/mol. The Hall–Kier alpha value is -0.120. The van der Waals surface area contributed by atoms with Crippen molar-refractivity contribution in [2.75, 3.05) is 39.5 Å². The Bertz CT molecular complexity index is 44.8. The maximum Gasteiger partial charge on any atom is 0.0590 e. The number of hydrogen-bond donors (Lipinski definition) is 1. The predicted octanol–water partition coefficient (Wildman–Crippen LogP) is 0.0129. The molecule has 10 heavy (non-hydrogen) atoms. The van der Waals surface area contributed by atoms with E-state index in [0.717, 1.165) is 45.9 Å². The molecule has 1 saturated heterocycles. The van der Waals surface area contributed by atoms with Crippen molar-refractivity contribution in [2.24, 2.45) is 0 Å². The molecule has 0 aromatic carbocycles. The van der Waals surface area contributed by atoms with E-state index in [4.69, 9.17) is 9.47 Å². The Morgan fingerprint density at radius 1 is 0.800 bits per heavy atom. The normalized spacial score (nSPS) is 24.0. The largest absolute Gasteiger partial charge is 0.380 e. The van der Waals surface area contributed by atoms with E-state index in [0.29, 0.717) is 0 Å². The zero-order valence-electron chi connectivity index (χ0n) is 6.27. The van der Waals surface area contributed by atoms with Crippen LogP contribution in [0.15, 0.2) is 0 Å². The van der Waals surface area contributed by atoms with E-state index >= 15 is 0 Å². The van der Waals surface area contributed by atoms with Crippen molar-refractivity contribution in [2.45, 2.75) is 6.42 Å². The number of ether oxygens (including phenoxy) is 2. The minimum absolute atomic E-state index is 0.833. The molecule has 1 fully saturated rings. The SMILES string of the molecule is C1COCCNCCOC1. The van der Waals surface area contributed by atoms with Crippen LogP contribution in [0.5, 0.6) is 0 Å². The third kappa shape index (κ3) is 3.82. The Labute approximate surface area is 61.7 Å². The van der Waals surface area contributed by atoms with Gasteiger partial charge in [0.25, 0.3) is 0 Å². The van der Waals surface area contributed by atoms with Crippen LogP contribution in [0.2, 0.25) is 0 Å². The van der Waals surface area contributed by atoms with Gasteiger partial charge in [-0.2, -0.15) is 0 Å². The molecule has 3 nitrogen and oxygen atoms in total. The first kappa shape index (κ1) is 7.98. The van der Waals surface area contributed by atoms with E-state index in [1.807, 2.05) is 0 Å². The van der Waals surface area contributed by atoms with Crippen LogP contribution in [-0.4, -0.2) is 39.5 Å². The molecule has 0 aromatic heterocycles. The van der Waals surface area contributed by atoms with Gasteiger partial charge in [-0.3, -0.25) is 0 Å². The van der Waals surface area contributed by atoms with Gasteiger partial charge in [0.15, 0.2) is 0 Å². The van der Waals surface area contributed by atoms with Gasteiger partial charge in [0.2, 0.25) is 0 Å². The maximum atomic E-state index is 5.27. The van der Waals surface area contributed by atoms with E-state index in [1.165, 1.54) is 0 Å². The molecule has 0 unspecified atom stereocenters. The second-order valence-electron chi connectivity index (χ2n) is 2.33. The molecule has 0 aromatic rings. The first-order valence-electron chi connectivity index (χ1n) is 3.86. The monoisotopic (exact) mass is 145 g/mol. The maximum absolute atomic E-state index is 5.27. The van der Waals surface area contributed by atoms with E-state index in [9.17, 15) is 0 Å². The molecular formula is C7H15NO2. The summed E-state index contributed by atoms with van der Waals surface area (Å²) in [5.41, 5.74) is 0. The zero-order valence-corrected chi connectivity index (χ0v) is 6.27. The van der Waals surface area contributed by atoms with Crippen LogP contribution in [0.1, 0.15) is 6.42 Å². The summed E-state index contributed by atoms with van der Waals surface area (Å²) in [6, 6.07) is 0. The summed E-state index contributed by atoms with van der Waals surface area (Å²) in [4.78, 5) is 0. The highest BCUT2D eigenvalue weighted by molar-refractivity contribution is 4.47. The summed E-state index contributed by atoms with van der Waals surface area (Å²) in [5.74, 6) is 0. The Kier molecular flexibility index (Phi) is 4.51. The fraction of sp³-hybridized carbons (Fsp3) is 1.00. The fourth-order valence-corrected chi connectivity index (χ4v) is 0.881. The molecule has 0 bridgehead atoms. The molecule has 0 atom stereocenters. The van der Waals surface area contributed by atoms with Gasteiger partial charge in [0, 0.05) is 26.3 Å². The molecule has 0 saturated carbocycles. The molecule has 60 valence electrons. The van der Waals surface area contributed by atoms with Gasteiger partial charge < -0.3 is 14.8 Å². The summed E-state index contributed by atoms with van der Waals surface area (Å²) in [5, 5.41) is 3.20. The summed E-state index contributed by atoms with van der Waals surface area (Å²) < 4.78 is 10.5. The van der Waals surface area contributed by atoms with Crippen molar-refractivity contribution in [3.63, 3.8) is 0 Å². The fourth-order valence-electron chi connectivity index (χ4n) is 0.881. The summed E-state index contributed by atoms with van der Waals surface area (Å²) in [7, 11) is 0. The molecule has 0 radical (unpaired) electrons. The molecule has 1 aliphatic heterocycles. The van der Waals surface area contributed by atoms with Gasteiger partial charge in [-0.15, -0.1) is 0 Å². The lowest BCUT2D eigenvalue weighted by molar-refractivity contribution is 0.0724. The van der Waals surface area contributed by atoms with E-state index in [1.54, 1.807) is 0 Å². The van der Waals surface area contributed by atoms with Crippen molar-refractivity contribution in [3.8, 4) is 0 Å². The molecule has 1 N–H and O–H groups in total. The van der Waals surface area contributed by atoms with Crippen molar-refractivity contribution < 1.29 is 9.47 Å². The molecule has 1 heterocycles.